The molecule has 0 fully saturated rings. The summed E-state index contributed by atoms with van der Waals surface area (Å²) in [5, 5.41) is 0.658. The van der Waals surface area contributed by atoms with E-state index in [1.165, 1.54) is 5.56 Å². The molecule has 3 aromatic carbocycles. The van der Waals surface area contributed by atoms with E-state index in [4.69, 9.17) is 25.8 Å². The summed E-state index contributed by atoms with van der Waals surface area (Å²) in [6.07, 6.45) is 0.985. The fourth-order valence-corrected chi connectivity index (χ4v) is 4.07. The number of benzene rings is 3. The molecule has 0 saturated heterocycles. The Hall–Kier alpha value is -2.98. The van der Waals surface area contributed by atoms with Gasteiger partial charge in [-0.25, -0.2) is 0 Å². The number of aryl methyl sites for hydroxylation is 1. The van der Waals surface area contributed by atoms with Crippen LogP contribution in [0, 0.1) is 6.92 Å². The lowest BCUT2D eigenvalue weighted by Crippen LogP contribution is -2.44. The first kappa shape index (κ1) is 22.2. The maximum absolute atomic E-state index is 13.2. The Bertz CT molecular complexity index is 1110. The molecule has 2 atom stereocenters. The zero-order valence-electron chi connectivity index (χ0n) is 18.6. The topological polar surface area (TPSA) is 44.8 Å². The molecule has 0 aliphatic carbocycles. The van der Waals surface area contributed by atoms with Gasteiger partial charge in [0, 0.05) is 16.1 Å². The molecule has 0 amide bonds. The summed E-state index contributed by atoms with van der Waals surface area (Å²) >= 11 is 6.23. The molecule has 4 nitrogen and oxygen atoms in total. The van der Waals surface area contributed by atoms with Gasteiger partial charge in [-0.1, -0.05) is 55.3 Å². The average molecular weight is 451 g/mol. The van der Waals surface area contributed by atoms with Crippen molar-refractivity contribution in [3.8, 4) is 17.2 Å². The van der Waals surface area contributed by atoms with Crippen molar-refractivity contribution in [2.24, 2.45) is 0 Å². The first-order chi connectivity index (χ1) is 15.5. The number of fused-ring (bicyclic) bond motifs is 1. The van der Waals surface area contributed by atoms with Crippen molar-refractivity contribution in [1.29, 1.82) is 0 Å². The van der Waals surface area contributed by atoms with Crippen LogP contribution in [0.2, 0.25) is 5.02 Å². The highest BCUT2D eigenvalue weighted by Crippen LogP contribution is 2.38. The Morgan fingerprint density at radius 1 is 1.03 bits per heavy atom. The molecule has 32 heavy (non-hydrogen) atoms. The molecule has 0 bridgehead atoms. The van der Waals surface area contributed by atoms with Gasteiger partial charge < -0.3 is 14.2 Å². The molecule has 166 valence electrons. The maximum atomic E-state index is 13.2. The van der Waals surface area contributed by atoms with Crippen molar-refractivity contribution in [3.05, 3.63) is 87.9 Å². The van der Waals surface area contributed by atoms with Crippen LogP contribution in [0.3, 0.4) is 0 Å². The SMILES string of the molecule is CCCc1ccc(OC2C(=O)c3ccc(OCc4ccccc4Cl)c(C)c3OC2C)cc1. The van der Waals surface area contributed by atoms with Crippen LogP contribution in [0.4, 0.5) is 0 Å². The van der Waals surface area contributed by atoms with Crippen LogP contribution in [-0.2, 0) is 13.0 Å². The van der Waals surface area contributed by atoms with E-state index in [-0.39, 0.29) is 5.78 Å². The Morgan fingerprint density at radius 3 is 2.50 bits per heavy atom. The molecule has 0 spiro atoms. The molecule has 1 heterocycles. The predicted octanol–water partition coefficient (Wildman–Crippen LogP) is 6.59. The number of carbonyl (C=O) groups is 1. The lowest BCUT2D eigenvalue weighted by molar-refractivity contribution is 0.0385. The van der Waals surface area contributed by atoms with Crippen molar-refractivity contribution >= 4 is 17.4 Å². The summed E-state index contributed by atoms with van der Waals surface area (Å²) < 4.78 is 18.2. The van der Waals surface area contributed by atoms with Gasteiger partial charge in [-0.05, 0) is 56.2 Å². The number of Topliss-reactive ketones (excluding diaryl/α,β-unsaturated/α-hetero) is 1. The quantitative estimate of drug-likeness (QED) is 0.407. The molecule has 4 rings (SSSR count). The Kier molecular flexibility index (Phi) is 6.71. The normalized spacial score (nSPS) is 17.4. The zero-order valence-corrected chi connectivity index (χ0v) is 19.3. The van der Waals surface area contributed by atoms with Gasteiger partial charge in [0.05, 0.1) is 5.56 Å². The van der Waals surface area contributed by atoms with Crippen molar-refractivity contribution in [3.63, 3.8) is 0 Å². The third kappa shape index (κ3) is 4.61. The number of hydrogen-bond acceptors (Lipinski definition) is 4. The van der Waals surface area contributed by atoms with Gasteiger partial charge in [-0.15, -0.1) is 0 Å². The van der Waals surface area contributed by atoms with Crippen molar-refractivity contribution < 1.29 is 19.0 Å². The van der Waals surface area contributed by atoms with Gasteiger partial charge in [-0.3, -0.25) is 4.79 Å². The second kappa shape index (κ2) is 9.66. The Balaban J connectivity index is 1.51. The molecule has 1 aliphatic heterocycles. The summed E-state index contributed by atoms with van der Waals surface area (Å²) in [4.78, 5) is 13.2. The highest BCUT2D eigenvalue weighted by molar-refractivity contribution is 6.31. The van der Waals surface area contributed by atoms with Gasteiger partial charge >= 0.3 is 0 Å². The number of ketones is 1. The molecular weight excluding hydrogens is 424 g/mol. The van der Waals surface area contributed by atoms with Crippen molar-refractivity contribution in [2.75, 3.05) is 0 Å². The van der Waals surface area contributed by atoms with E-state index in [0.717, 1.165) is 24.0 Å². The highest BCUT2D eigenvalue weighted by Gasteiger charge is 2.38. The van der Waals surface area contributed by atoms with Crippen LogP contribution in [0.25, 0.3) is 0 Å². The van der Waals surface area contributed by atoms with E-state index in [0.29, 0.717) is 34.4 Å². The number of halogens is 1. The van der Waals surface area contributed by atoms with Crippen LogP contribution in [-0.4, -0.2) is 18.0 Å². The van der Waals surface area contributed by atoms with Gasteiger partial charge in [-0.2, -0.15) is 0 Å². The minimum Gasteiger partial charge on any atom is -0.488 e. The zero-order chi connectivity index (χ0) is 22.7. The summed E-state index contributed by atoms with van der Waals surface area (Å²) in [5.41, 5.74) is 3.45. The van der Waals surface area contributed by atoms with E-state index < -0.39 is 12.2 Å². The van der Waals surface area contributed by atoms with Gasteiger partial charge in [0.25, 0.3) is 0 Å². The smallest absolute Gasteiger partial charge is 0.210 e. The molecule has 0 radical (unpaired) electrons. The van der Waals surface area contributed by atoms with Crippen molar-refractivity contribution in [1.82, 2.24) is 0 Å². The largest absolute Gasteiger partial charge is 0.488 e. The number of hydrogen-bond donors (Lipinski definition) is 0. The van der Waals surface area contributed by atoms with E-state index >= 15 is 0 Å². The first-order valence-electron chi connectivity index (χ1n) is 10.9. The van der Waals surface area contributed by atoms with E-state index in [2.05, 4.69) is 6.92 Å². The van der Waals surface area contributed by atoms with Crippen molar-refractivity contribution in [2.45, 2.75) is 52.4 Å². The second-order valence-electron chi connectivity index (χ2n) is 8.07. The highest BCUT2D eigenvalue weighted by atomic mass is 35.5. The average Bonchev–Trinajstić information content (AvgIpc) is 2.79. The summed E-state index contributed by atoms with van der Waals surface area (Å²) in [7, 11) is 0. The molecule has 3 aromatic rings. The van der Waals surface area contributed by atoms with Crippen LogP contribution >= 0.6 is 11.6 Å². The van der Waals surface area contributed by atoms with Crippen LogP contribution in [0.5, 0.6) is 17.2 Å². The monoisotopic (exact) mass is 450 g/mol. The Labute approximate surface area is 194 Å². The second-order valence-corrected chi connectivity index (χ2v) is 8.47. The number of ether oxygens (including phenoxy) is 3. The minimum absolute atomic E-state index is 0.0860. The molecule has 0 saturated carbocycles. The number of rotatable bonds is 7. The van der Waals surface area contributed by atoms with Crippen LogP contribution in [0.15, 0.2) is 60.7 Å². The Morgan fingerprint density at radius 2 is 1.78 bits per heavy atom. The van der Waals surface area contributed by atoms with Crippen LogP contribution in [0.1, 0.15) is 47.3 Å². The van der Waals surface area contributed by atoms with E-state index in [1.54, 1.807) is 12.1 Å². The van der Waals surface area contributed by atoms with Gasteiger partial charge in [0.2, 0.25) is 5.78 Å². The lowest BCUT2D eigenvalue weighted by atomic mass is 9.95. The third-order valence-electron chi connectivity index (χ3n) is 5.68. The molecule has 0 aromatic heterocycles. The van der Waals surface area contributed by atoms with Gasteiger partial charge in [0.15, 0.2) is 6.10 Å². The summed E-state index contributed by atoms with van der Waals surface area (Å²) in [6.45, 7) is 6.24. The maximum Gasteiger partial charge on any atom is 0.210 e. The minimum atomic E-state index is -0.700. The molecule has 2 unspecified atom stereocenters. The van der Waals surface area contributed by atoms with E-state index in [9.17, 15) is 4.79 Å². The lowest BCUT2D eigenvalue weighted by Gasteiger charge is -2.32. The van der Waals surface area contributed by atoms with E-state index in [1.807, 2.05) is 62.4 Å². The number of carbonyl (C=O) groups excluding carboxylic acids is 1. The standard InChI is InChI=1S/C27H27ClO4/c1-4-7-19-10-12-21(13-11-19)32-27-18(3)31-26-17(2)24(15-14-22(26)25(27)29)30-16-20-8-5-6-9-23(20)28/h5-6,8-15,18,27H,4,7,16H2,1-3H3. The fraction of sp³-hybridized carbons (Fsp3) is 0.296. The third-order valence-corrected chi connectivity index (χ3v) is 6.04. The molecule has 5 heteroatoms. The van der Waals surface area contributed by atoms with Gasteiger partial charge in [0.1, 0.15) is 30.0 Å². The first-order valence-corrected chi connectivity index (χ1v) is 11.3. The molecule has 1 aliphatic rings. The predicted molar refractivity (Wildman–Crippen MR) is 126 cm³/mol. The van der Waals surface area contributed by atoms with Crippen LogP contribution < -0.4 is 14.2 Å². The fourth-order valence-electron chi connectivity index (χ4n) is 3.88. The summed E-state index contributed by atoms with van der Waals surface area (Å²) in [5.74, 6) is 1.79. The molecular formula is C27H27ClO4. The summed E-state index contributed by atoms with van der Waals surface area (Å²) in [6, 6.07) is 19.0. The molecule has 0 N–H and O–H groups in total.